The predicted molar refractivity (Wildman–Crippen MR) is 103 cm³/mol. The summed E-state index contributed by atoms with van der Waals surface area (Å²) in [6.07, 6.45) is 1.56. The Morgan fingerprint density at radius 1 is 1.33 bits per heavy atom. The van der Waals surface area contributed by atoms with E-state index in [1.54, 1.807) is 0 Å². The van der Waals surface area contributed by atoms with Gasteiger partial charge in [0.25, 0.3) is 0 Å². The van der Waals surface area contributed by atoms with E-state index in [0.29, 0.717) is 31.6 Å². The molecule has 1 N–H and O–H groups in total. The number of ether oxygens (including phenoxy) is 3. The normalized spacial score (nSPS) is 39.1. The number of nitrogens with one attached hydrogen (secondary N) is 1. The van der Waals surface area contributed by atoms with Gasteiger partial charge in [0.1, 0.15) is 18.0 Å². The lowest BCUT2D eigenvalue weighted by molar-refractivity contribution is -0.259. The lowest BCUT2D eigenvalue weighted by Gasteiger charge is -2.63. The van der Waals surface area contributed by atoms with Gasteiger partial charge in [-0.2, -0.15) is 0 Å². The first-order valence-electron chi connectivity index (χ1n) is 10.2. The van der Waals surface area contributed by atoms with E-state index >= 15 is 0 Å². The van der Waals surface area contributed by atoms with Crippen molar-refractivity contribution < 1.29 is 19.0 Å². The van der Waals surface area contributed by atoms with Crippen molar-refractivity contribution >= 4 is 6.09 Å². The van der Waals surface area contributed by atoms with Gasteiger partial charge in [0.05, 0.1) is 12.7 Å². The molecule has 3 aliphatic rings. The van der Waals surface area contributed by atoms with Gasteiger partial charge in [-0.05, 0) is 37.7 Å². The summed E-state index contributed by atoms with van der Waals surface area (Å²) in [6.45, 7) is 10.4. The zero-order valence-electron chi connectivity index (χ0n) is 16.8. The molecule has 0 spiro atoms. The summed E-state index contributed by atoms with van der Waals surface area (Å²) in [5.74, 6) is 1.86. The first kappa shape index (κ1) is 18.6. The van der Waals surface area contributed by atoms with Crippen LogP contribution in [0.4, 0.5) is 4.79 Å². The van der Waals surface area contributed by atoms with Crippen LogP contribution in [0.15, 0.2) is 24.3 Å². The number of fused-ring (bicyclic) bond motifs is 3. The Bertz CT molecular complexity index is 722. The molecule has 1 saturated carbocycles. The summed E-state index contributed by atoms with van der Waals surface area (Å²) in [5.41, 5.74) is 0.725. The molecule has 2 fully saturated rings. The highest BCUT2D eigenvalue weighted by molar-refractivity contribution is 5.67. The number of hydrogen-bond acceptors (Lipinski definition) is 4. The third-order valence-electron chi connectivity index (χ3n) is 7.26. The third-order valence-corrected chi connectivity index (χ3v) is 7.26. The number of para-hydroxylation sites is 1. The first-order chi connectivity index (χ1) is 12.9. The molecule has 2 bridgehead atoms. The number of hydrogen-bond donors (Lipinski definition) is 1. The maximum atomic E-state index is 12.0. The SMILES string of the molecule is CCCNC(=O)OC[C@]12CO[C@H]3c4ccccc4O[C@@](C)(C[C@H]1C)[C@@H]3[C@@H]2C. The van der Waals surface area contributed by atoms with Gasteiger partial charge in [-0.3, -0.25) is 0 Å². The average molecular weight is 373 g/mol. The van der Waals surface area contributed by atoms with Gasteiger partial charge in [0.15, 0.2) is 0 Å². The van der Waals surface area contributed by atoms with Crippen molar-refractivity contribution in [3.63, 3.8) is 0 Å². The molecular formula is C22H31NO4. The van der Waals surface area contributed by atoms with E-state index in [1.807, 2.05) is 25.1 Å². The van der Waals surface area contributed by atoms with Crippen molar-refractivity contribution in [3.05, 3.63) is 29.8 Å². The standard InChI is InChI=1S/C22H31NO4/c1-5-10-23-20(24)26-13-22-12-25-19-16-8-6-7-9-17(16)27-21(4,11-14(22)2)18(19)15(22)3/h6-9,14-15,18-19H,5,10-13H2,1-4H3,(H,23,24)/t14-,15+,18-,19+,21+,22-/m1/s1. The van der Waals surface area contributed by atoms with E-state index in [0.717, 1.165) is 24.2 Å². The minimum atomic E-state index is -0.327. The molecule has 1 aromatic rings. The molecule has 6 atom stereocenters. The molecule has 5 heteroatoms. The smallest absolute Gasteiger partial charge is 0.407 e. The van der Waals surface area contributed by atoms with Crippen LogP contribution in [-0.2, 0) is 9.47 Å². The Balaban J connectivity index is 1.61. The molecule has 2 aliphatic heterocycles. The van der Waals surface area contributed by atoms with Gasteiger partial charge in [-0.1, -0.05) is 39.0 Å². The Hall–Kier alpha value is -1.75. The second-order valence-corrected chi connectivity index (χ2v) is 8.84. The molecule has 0 aromatic heterocycles. The predicted octanol–water partition coefficient (Wildman–Crippen LogP) is 4.32. The van der Waals surface area contributed by atoms with Crippen molar-refractivity contribution in [1.29, 1.82) is 0 Å². The van der Waals surface area contributed by atoms with Gasteiger partial charge >= 0.3 is 6.09 Å². The quantitative estimate of drug-likeness (QED) is 0.854. The van der Waals surface area contributed by atoms with Crippen LogP contribution in [0, 0.1) is 23.2 Å². The van der Waals surface area contributed by atoms with Crippen LogP contribution in [0.3, 0.4) is 0 Å². The molecular weight excluding hydrogens is 342 g/mol. The molecule has 4 rings (SSSR count). The Labute approximate surface area is 161 Å². The lowest BCUT2D eigenvalue weighted by Crippen LogP contribution is -2.66. The van der Waals surface area contributed by atoms with Crippen LogP contribution in [-0.4, -0.2) is 31.5 Å². The van der Waals surface area contributed by atoms with Crippen molar-refractivity contribution in [2.24, 2.45) is 23.2 Å². The fraction of sp³-hybridized carbons (Fsp3) is 0.682. The highest BCUT2D eigenvalue weighted by Gasteiger charge is 2.64. The fourth-order valence-electron chi connectivity index (χ4n) is 5.73. The molecule has 1 aliphatic carbocycles. The van der Waals surface area contributed by atoms with Crippen LogP contribution in [0.2, 0.25) is 0 Å². The molecule has 27 heavy (non-hydrogen) atoms. The first-order valence-corrected chi connectivity index (χ1v) is 10.2. The molecule has 1 aromatic carbocycles. The van der Waals surface area contributed by atoms with Crippen LogP contribution >= 0.6 is 0 Å². The summed E-state index contributed by atoms with van der Waals surface area (Å²) >= 11 is 0. The van der Waals surface area contributed by atoms with Crippen LogP contribution in [0.25, 0.3) is 0 Å². The van der Waals surface area contributed by atoms with Gasteiger partial charge in [0, 0.05) is 23.4 Å². The monoisotopic (exact) mass is 373 g/mol. The minimum Gasteiger partial charge on any atom is -0.487 e. The summed E-state index contributed by atoms with van der Waals surface area (Å²) in [7, 11) is 0. The molecule has 1 amide bonds. The second kappa shape index (κ2) is 6.69. The number of carbonyl (C=O) groups excluding carboxylic acids is 1. The van der Waals surface area contributed by atoms with Crippen molar-refractivity contribution in [2.45, 2.75) is 52.2 Å². The maximum absolute atomic E-state index is 12.0. The molecule has 5 nitrogen and oxygen atoms in total. The topological polar surface area (TPSA) is 56.8 Å². The van der Waals surface area contributed by atoms with E-state index in [2.05, 4.69) is 32.2 Å². The molecule has 0 radical (unpaired) electrons. The van der Waals surface area contributed by atoms with Crippen molar-refractivity contribution in [1.82, 2.24) is 5.32 Å². The zero-order chi connectivity index (χ0) is 19.2. The van der Waals surface area contributed by atoms with Crippen molar-refractivity contribution in [3.8, 4) is 5.75 Å². The highest BCUT2D eigenvalue weighted by Crippen LogP contribution is 2.63. The van der Waals surface area contributed by atoms with Gasteiger partial charge in [0.2, 0.25) is 0 Å². The van der Waals surface area contributed by atoms with Crippen molar-refractivity contribution in [2.75, 3.05) is 19.8 Å². The number of benzene rings is 1. The van der Waals surface area contributed by atoms with E-state index in [9.17, 15) is 4.79 Å². The highest BCUT2D eigenvalue weighted by atomic mass is 16.6. The second-order valence-electron chi connectivity index (χ2n) is 8.84. The minimum absolute atomic E-state index is 0.0458. The lowest BCUT2D eigenvalue weighted by atomic mass is 9.50. The Morgan fingerprint density at radius 3 is 2.89 bits per heavy atom. The van der Waals surface area contributed by atoms with E-state index in [4.69, 9.17) is 14.2 Å². The van der Waals surface area contributed by atoms with E-state index in [-0.39, 0.29) is 29.1 Å². The number of carbonyl (C=O) groups is 1. The van der Waals surface area contributed by atoms with E-state index < -0.39 is 0 Å². The molecule has 1 saturated heterocycles. The average Bonchev–Trinajstić information content (AvgIpc) is 2.64. The fourth-order valence-corrected chi connectivity index (χ4v) is 5.73. The molecule has 0 unspecified atom stereocenters. The van der Waals surface area contributed by atoms with Crippen LogP contribution in [0.5, 0.6) is 5.75 Å². The van der Waals surface area contributed by atoms with Gasteiger partial charge in [-0.25, -0.2) is 4.79 Å². The summed E-state index contributed by atoms with van der Waals surface area (Å²) in [5, 5.41) is 2.81. The summed E-state index contributed by atoms with van der Waals surface area (Å²) in [6, 6.07) is 8.24. The van der Waals surface area contributed by atoms with Gasteiger partial charge < -0.3 is 19.5 Å². The van der Waals surface area contributed by atoms with Gasteiger partial charge in [-0.15, -0.1) is 0 Å². The molecule has 148 valence electrons. The third kappa shape index (κ3) is 2.82. The number of rotatable bonds is 4. The summed E-state index contributed by atoms with van der Waals surface area (Å²) < 4.78 is 18.7. The number of amides is 1. The van der Waals surface area contributed by atoms with Crippen LogP contribution < -0.4 is 10.1 Å². The summed E-state index contributed by atoms with van der Waals surface area (Å²) in [4.78, 5) is 12.0. The Morgan fingerprint density at radius 2 is 2.11 bits per heavy atom. The Kier molecular flexibility index (Phi) is 4.61. The number of alkyl carbamates (subject to hydrolysis) is 1. The molecule has 2 heterocycles. The maximum Gasteiger partial charge on any atom is 0.407 e. The van der Waals surface area contributed by atoms with E-state index in [1.165, 1.54) is 0 Å². The zero-order valence-corrected chi connectivity index (χ0v) is 16.8. The largest absolute Gasteiger partial charge is 0.487 e. The van der Waals surface area contributed by atoms with Crippen LogP contribution in [0.1, 0.15) is 52.2 Å².